The van der Waals surface area contributed by atoms with Gasteiger partial charge in [-0.1, -0.05) is 18.2 Å². The van der Waals surface area contributed by atoms with Gasteiger partial charge in [-0.2, -0.15) is 0 Å². The monoisotopic (exact) mass is 211 g/mol. The third-order valence-electron chi connectivity index (χ3n) is 2.41. The van der Waals surface area contributed by atoms with Crippen molar-refractivity contribution < 1.29 is 8.42 Å². The van der Waals surface area contributed by atoms with Crippen LogP contribution in [0.1, 0.15) is 5.56 Å². The van der Waals surface area contributed by atoms with Crippen molar-refractivity contribution in [2.24, 2.45) is 0 Å². The molecule has 0 atom stereocenters. The number of nitrogens with one attached hydrogen (secondary N) is 1. The molecule has 1 aliphatic rings. The molecule has 1 aromatic carbocycles. The number of benzene rings is 1. The van der Waals surface area contributed by atoms with Crippen molar-refractivity contribution in [1.29, 1.82) is 0 Å². The highest BCUT2D eigenvalue weighted by molar-refractivity contribution is 7.92. The van der Waals surface area contributed by atoms with Crippen LogP contribution in [0, 0.1) is 6.92 Å². The SMILES string of the molecule is Cc1ccccc1NC1CS(=O)(=O)C1. The van der Waals surface area contributed by atoms with Gasteiger partial charge in [0.25, 0.3) is 0 Å². The minimum absolute atomic E-state index is 0.0982. The predicted octanol–water partition coefficient (Wildman–Crippen LogP) is 1.20. The second-order valence-electron chi connectivity index (χ2n) is 3.73. The quantitative estimate of drug-likeness (QED) is 0.799. The first-order chi connectivity index (χ1) is 6.57. The summed E-state index contributed by atoms with van der Waals surface area (Å²) < 4.78 is 21.9. The van der Waals surface area contributed by atoms with Crippen LogP contribution in [0.2, 0.25) is 0 Å². The van der Waals surface area contributed by atoms with Crippen LogP contribution in [0.4, 0.5) is 5.69 Å². The van der Waals surface area contributed by atoms with Crippen LogP contribution < -0.4 is 5.32 Å². The third kappa shape index (κ3) is 1.90. The molecule has 1 aromatic rings. The summed E-state index contributed by atoms with van der Waals surface area (Å²) in [7, 11) is -2.73. The molecular weight excluding hydrogens is 198 g/mol. The van der Waals surface area contributed by atoms with Crippen molar-refractivity contribution >= 4 is 15.5 Å². The molecule has 0 bridgehead atoms. The van der Waals surface area contributed by atoms with E-state index in [1.165, 1.54) is 0 Å². The molecule has 4 heteroatoms. The van der Waals surface area contributed by atoms with Crippen LogP contribution in [0.25, 0.3) is 0 Å². The maximum Gasteiger partial charge on any atom is 0.154 e. The highest BCUT2D eigenvalue weighted by atomic mass is 32.2. The van der Waals surface area contributed by atoms with Crippen LogP contribution in [-0.4, -0.2) is 26.0 Å². The number of sulfone groups is 1. The summed E-state index contributed by atoms with van der Waals surface area (Å²) >= 11 is 0. The van der Waals surface area contributed by atoms with Gasteiger partial charge < -0.3 is 5.32 Å². The minimum atomic E-state index is -2.73. The molecule has 1 fully saturated rings. The first-order valence-electron chi connectivity index (χ1n) is 4.59. The summed E-state index contributed by atoms with van der Waals surface area (Å²) in [6, 6.07) is 8.00. The molecule has 1 N–H and O–H groups in total. The van der Waals surface area contributed by atoms with Gasteiger partial charge in [0.1, 0.15) is 0 Å². The Labute approximate surface area is 84.1 Å². The van der Waals surface area contributed by atoms with Gasteiger partial charge >= 0.3 is 0 Å². The molecule has 76 valence electrons. The predicted molar refractivity (Wildman–Crippen MR) is 57.2 cm³/mol. The van der Waals surface area contributed by atoms with Crippen molar-refractivity contribution in [2.75, 3.05) is 16.8 Å². The molecular formula is C10H13NO2S. The number of hydrogen-bond donors (Lipinski definition) is 1. The first-order valence-corrected chi connectivity index (χ1v) is 6.41. The van der Waals surface area contributed by atoms with Gasteiger partial charge in [0, 0.05) is 5.69 Å². The van der Waals surface area contributed by atoms with E-state index >= 15 is 0 Å². The van der Waals surface area contributed by atoms with Crippen LogP contribution in [0.15, 0.2) is 24.3 Å². The molecule has 0 saturated carbocycles. The van der Waals surface area contributed by atoms with Crippen LogP contribution in [0.5, 0.6) is 0 Å². The lowest BCUT2D eigenvalue weighted by molar-refractivity contribution is 0.570. The fourth-order valence-corrected chi connectivity index (χ4v) is 2.90. The van der Waals surface area contributed by atoms with Gasteiger partial charge in [-0.05, 0) is 18.6 Å². The lowest BCUT2D eigenvalue weighted by Gasteiger charge is -2.28. The van der Waals surface area contributed by atoms with E-state index in [0.29, 0.717) is 0 Å². The molecule has 1 heterocycles. The zero-order valence-corrected chi connectivity index (χ0v) is 8.84. The largest absolute Gasteiger partial charge is 0.380 e. The number of aryl methyl sites for hydroxylation is 1. The third-order valence-corrected chi connectivity index (χ3v) is 4.24. The van der Waals surface area contributed by atoms with Gasteiger partial charge in [0.2, 0.25) is 0 Å². The second kappa shape index (κ2) is 3.28. The molecule has 0 radical (unpaired) electrons. The van der Waals surface area contributed by atoms with Crippen molar-refractivity contribution in [1.82, 2.24) is 0 Å². The Morgan fingerprint density at radius 3 is 2.50 bits per heavy atom. The molecule has 0 aliphatic carbocycles. The van der Waals surface area contributed by atoms with Gasteiger partial charge in [0.15, 0.2) is 9.84 Å². The number of hydrogen-bond acceptors (Lipinski definition) is 3. The molecule has 0 amide bonds. The van der Waals surface area contributed by atoms with E-state index in [-0.39, 0.29) is 17.5 Å². The Bertz CT molecular complexity index is 427. The summed E-state index contributed by atoms with van der Waals surface area (Å²) in [5, 5.41) is 3.22. The highest BCUT2D eigenvalue weighted by Crippen LogP contribution is 2.19. The Hall–Kier alpha value is -1.03. The second-order valence-corrected chi connectivity index (χ2v) is 5.89. The molecule has 1 saturated heterocycles. The number of rotatable bonds is 2. The molecule has 1 aliphatic heterocycles. The maximum absolute atomic E-state index is 10.9. The van der Waals surface area contributed by atoms with Crippen molar-refractivity contribution in [3.8, 4) is 0 Å². The Morgan fingerprint density at radius 2 is 1.93 bits per heavy atom. The van der Waals surface area contributed by atoms with E-state index in [2.05, 4.69) is 5.32 Å². The van der Waals surface area contributed by atoms with E-state index < -0.39 is 9.84 Å². The van der Waals surface area contributed by atoms with Gasteiger partial charge in [-0.25, -0.2) is 8.42 Å². The van der Waals surface area contributed by atoms with E-state index in [4.69, 9.17) is 0 Å². The lowest BCUT2D eigenvalue weighted by atomic mass is 10.2. The number of anilines is 1. The Morgan fingerprint density at radius 1 is 1.29 bits per heavy atom. The lowest BCUT2D eigenvalue weighted by Crippen LogP contribution is -2.46. The molecule has 0 aromatic heterocycles. The van der Waals surface area contributed by atoms with Gasteiger partial charge in [0.05, 0.1) is 17.5 Å². The fourth-order valence-electron chi connectivity index (χ4n) is 1.60. The van der Waals surface area contributed by atoms with Crippen molar-refractivity contribution in [3.05, 3.63) is 29.8 Å². The standard InChI is InChI=1S/C10H13NO2S/c1-8-4-2-3-5-10(8)11-9-6-14(12,13)7-9/h2-5,9,11H,6-7H2,1H3. The van der Waals surface area contributed by atoms with E-state index in [0.717, 1.165) is 11.3 Å². The zero-order valence-electron chi connectivity index (χ0n) is 8.03. The summed E-state index contributed by atoms with van der Waals surface area (Å²) in [4.78, 5) is 0. The van der Waals surface area contributed by atoms with Crippen LogP contribution in [-0.2, 0) is 9.84 Å². The summed E-state index contributed by atoms with van der Waals surface area (Å²) in [6.07, 6.45) is 0. The molecule has 14 heavy (non-hydrogen) atoms. The molecule has 0 unspecified atom stereocenters. The number of para-hydroxylation sites is 1. The average molecular weight is 211 g/mol. The molecule has 3 nitrogen and oxygen atoms in total. The summed E-state index contributed by atoms with van der Waals surface area (Å²) in [6.45, 7) is 2.01. The van der Waals surface area contributed by atoms with Crippen LogP contribution >= 0.6 is 0 Å². The molecule has 2 rings (SSSR count). The van der Waals surface area contributed by atoms with Crippen LogP contribution in [0.3, 0.4) is 0 Å². The summed E-state index contributed by atoms with van der Waals surface area (Å²) in [5.41, 5.74) is 2.18. The normalized spacial score (nSPS) is 20.1. The first kappa shape index (κ1) is 9.52. The zero-order chi connectivity index (χ0) is 10.2. The van der Waals surface area contributed by atoms with E-state index in [1.54, 1.807) is 0 Å². The maximum atomic E-state index is 10.9. The van der Waals surface area contributed by atoms with E-state index in [9.17, 15) is 8.42 Å². The summed E-state index contributed by atoms with van der Waals surface area (Å²) in [5.74, 6) is 0.530. The molecule has 0 spiro atoms. The topological polar surface area (TPSA) is 46.2 Å². The average Bonchev–Trinajstić information content (AvgIpc) is 2.05. The Kier molecular flexibility index (Phi) is 2.23. The van der Waals surface area contributed by atoms with Gasteiger partial charge in [-0.3, -0.25) is 0 Å². The smallest absolute Gasteiger partial charge is 0.154 e. The minimum Gasteiger partial charge on any atom is -0.380 e. The van der Waals surface area contributed by atoms with Crippen molar-refractivity contribution in [3.63, 3.8) is 0 Å². The van der Waals surface area contributed by atoms with E-state index in [1.807, 2.05) is 31.2 Å². The highest BCUT2D eigenvalue weighted by Gasteiger charge is 2.33. The Balaban J connectivity index is 2.03. The van der Waals surface area contributed by atoms with Gasteiger partial charge in [-0.15, -0.1) is 0 Å². The van der Waals surface area contributed by atoms with Crippen molar-refractivity contribution in [2.45, 2.75) is 13.0 Å². The fraction of sp³-hybridized carbons (Fsp3) is 0.400.